The average Bonchev–Trinajstić information content (AvgIpc) is 2.62. The van der Waals surface area contributed by atoms with Gasteiger partial charge in [0.2, 0.25) is 11.8 Å². The summed E-state index contributed by atoms with van der Waals surface area (Å²) >= 11 is 0. The van der Waals surface area contributed by atoms with Crippen LogP contribution in [0, 0.1) is 5.82 Å². The second kappa shape index (κ2) is 9.71. The van der Waals surface area contributed by atoms with Gasteiger partial charge < -0.3 is 15.0 Å². The SMILES string of the molecule is CC(=O)N(CCC(=O)NCc1ccccc1F)c1ccccc1OC(C)C. The van der Waals surface area contributed by atoms with Gasteiger partial charge in [-0.15, -0.1) is 0 Å². The number of ether oxygens (including phenoxy) is 1. The minimum Gasteiger partial charge on any atom is -0.489 e. The molecule has 1 N–H and O–H groups in total. The Hall–Kier alpha value is -2.89. The van der Waals surface area contributed by atoms with E-state index in [1.54, 1.807) is 30.3 Å². The standard InChI is InChI=1S/C21H25FN2O3/c1-15(2)27-20-11-7-6-10-19(20)24(16(3)25)13-12-21(26)23-14-17-8-4-5-9-18(17)22/h4-11,15H,12-14H2,1-3H3,(H,23,26). The summed E-state index contributed by atoms with van der Waals surface area (Å²) in [6.45, 7) is 5.58. The van der Waals surface area contributed by atoms with Gasteiger partial charge in [0.15, 0.2) is 0 Å². The van der Waals surface area contributed by atoms with Crippen molar-refractivity contribution in [2.75, 3.05) is 11.4 Å². The maximum atomic E-state index is 13.6. The van der Waals surface area contributed by atoms with Crippen molar-refractivity contribution in [3.8, 4) is 5.75 Å². The molecule has 0 atom stereocenters. The second-order valence-corrected chi connectivity index (χ2v) is 6.42. The Balaban J connectivity index is 2.00. The number of carbonyl (C=O) groups excluding carboxylic acids is 2. The van der Waals surface area contributed by atoms with Gasteiger partial charge in [0.05, 0.1) is 11.8 Å². The lowest BCUT2D eigenvalue weighted by Crippen LogP contribution is -2.34. The number of anilines is 1. The van der Waals surface area contributed by atoms with Crippen molar-refractivity contribution in [3.05, 3.63) is 59.9 Å². The maximum Gasteiger partial charge on any atom is 0.223 e. The Morgan fingerprint density at radius 3 is 2.44 bits per heavy atom. The molecule has 2 amide bonds. The van der Waals surface area contributed by atoms with Gasteiger partial charge in [-0.1, -0.05) is 30.3 Å². The first-order chi connectivity index (χ1) is 12.9. The van der Waals surface area contributed by atoms with Gasteiger partial charge in [-0.3, -0.25) is 9.59 Å². The second-order valence-electron chi connectivity index (χ2n) is 6.42. The Morgan fingerprint density at radius 1 is 1.11 bits per heavy atom. The molecule has 0 aliphatic rings. The van der Waals surface area contributed by atoms with Gasteiger partial charge >= 0.3 is 0 Å². The Kier molecular flexibility index (Phi) is 7.34. The third kappa shape index (κ3) is 6.09. The first-order valence-corrected chi connectivity index (χ1v) is 8.92. The van der Waals surface area contributed by atoms with E-state index in [9.17, 15) is 14.0 Å². The van der Waals surface area contributed by atoms with Crippen LogP contribution in [0.1, 0.15) is 32.8 Å². The molecule has 0 bridgehead atoms. The summed E-state index contributed by atoms with van der Waals surface area (Å²) in [5, 5.41) is 2.68. The highest BCUT2D eigenvalue weighted by Crippen LogP contribution is 2.29. The normalized spacial score (nSPS) is 10.6. The summed E-state index contributed by atoms with van der Waals surface area (Å²) in [7, 11) is 0. The van der Waals surface area contributed by atoms with Gasteiger partial charge in [0.1, 0.15) is 11.6 Å². The van der Waals surface area contributed by atoms with E-state index >= 15 is 0 Å². The molecule has 0 saturated carbocycles. The van der Waals surface area contributed by atoms with Crippen molar-refractivity contribution in [1.82, 2.24) is 5.32 Å². The van der Waals surface area contributed by atoms with Crippen molar-refractivity contribution in [1.29, 1.82) is 0 Å². The zero-order chi connectivity index (χ0) is 19.8. The highest BCUT2D eigenvalue weighted by atomic mass is 19.1. The van der Waals surface area contributed by atoms with Crippen molar-refractivity contribution >= 4 is 17.5 Å². The molecule has 0 aliphatic carbocycles. The van der Waals surface area contributed by atoms with Gasteiger partial charge in [0.25, 0.3) is 0 Å². The fourth-order valence-electron chi connectivity index (χ4n) is 2.62. The lowest BCUT2D eigenvalue weighted by atomic mass is 10.2. The number of benzene rings is 2. The molecular weight excluding hydrogens is 347 g/mol. The van der Waals surface area contributed by atoms with E-state index in [1.165, 1.54) is 17.9 Å². The maximum absolute atomic E-state index is 13.6. The minimum absolute atomic E-state index is 0.0379. The number of carbonyl (C=O) groups is 2. The summed E-state index contributed by atoms with van der Waals surface area (Å²) in [6, 6.07) is 13.5. The van der Waals surface area contributed by atoms with E-state index in [1.807, 2.05) is 26.0 Å². The minimum atomic E-state index is -0.358. The topological polar surface area (TPSA) is 58.6 Å². The van der Waals surface area contributed by atoms with E-state index in [-0.39, 0.29) is 43.2 Å². The molecule has 144 valence electrons. The molecule has 2 rings (SSSR count). The molecule has 0 fully saturated rings. The fourth-order valence-corrected chi connectivity index (χ4v) is 2.62. The van der Waals surface area contributed by atoms with Crippen LogP contribution in [-0.2, 0) is 16.1 Å². The summed E-state index contributed by atoms with van der Waals surface area (Å²) in [5.74, 6) is -0.208. The number of halogens is 1. The number of hydrogen-bond acceptors (Lipinski definition) is 3. The molecule has 0 heterocycles. The van der Waals surface area contributed by atoms with Gasteiger partial charge in [-0.05, 0) is 32.0 Å². The van der Waals surface area contributed by atoms with Crippen LogP contribution >= 0.6 is 0 Å². The molecule has 0 saturated heterocycles. The molecule has 0 aromatic heterocycles. The molecular formula is C21H25FN2O3. The van der Waals surface area contributed by atoms with Crippen LogP contribution in [0.4, 0.5) is 10.1 Å². The molecule has 0 aliphatic heterocycles. The van der Waals surface area contributed by atoms with Gasteiger partial charge in [0, 0.05) is 32.0 Å². The fraction of sp³-hybridized carbons (Fsp3) is 0.333. The number of hydrogen-bond donors (Lipinski definition) is 1. The molecule has 5 nitrogen and oxygen atoms in total. The van der Waals surface area contributed by atoms with Crippen LogP contribution in [-0.4, -0.2) is 24.5 Å². The summed E-state index contributed by atoms with van der Waals surface area (Å²) in [4.78, 5) is 25.8. The van der Waals surface area contributed by atoms with Gasteiger partial charge in [-0.25, -0.2) is 4.39 Å². The zero-order valence-electron chi connectivity index (χ0n) is 15.9. The van der Waals surface area contributed by atoms with E-state index in [2.05, 4.69) is 5.32 Å². The van der Waals surface area contributed by atoms with E-state index in [0.717, 1.165) is 0 Å². The third-order valence-electron chi connectivity index (χ3n) is 3.90. The smallest absolute Gasteiger partial charge is 0.223 e. The van der Waals surface area contributed by atoms with Crippen molar-refractivity contribution < 1.29 is 18.7 Å². The predicted molar refractivity (Wildman–Crippen MR) is 103 cm³/mol. The lowest BCUT2D eigenvalue weighted by Gasteiger charge is -2.24. The van der Waals surface area contributed by atoms with Crippen LogP contribution < -0.4 is 15.0 Å². The number of amides is 2. The van der Waals surface area contributed by atoms with Gasteiger partial charge in [-0.2, -0.15) is 0 Å². The van der Waals surface area contributed by atoms with Crippen LogP contribution in [0.25, 0.3) is 0 Å². The third-order valence-corrected chi connectivity index (χ3v) is 3.90. The Morgan fingerprint density at radius 2 is 1.78 bits per heavy atom. The van der Waals surface area contributed by atoms with Crippen LogP contribution in [0.2, 0.25) is 0 Å². The molecule has 0 radical (unpaired) electrons. The molecule has 0 spiro atoms. The number of nitrogens with zero attached hydrogens (tertiary/aromatic N) is 1. The first kappa shape index (κ1) is 20.4. The Labute approximate surface area is 159 Å². The highest BCUT2D eigenvalue weighted by molar-refractivity contribution is 5.93. The van der Waals surface area contributed by atoms with Crippen molar-refractivity contribution in [3.63, 3.8) is 0 Å². The Bertz CT molecular complexity index is 793. The number of nitrogens with one attached hydrogen (secondary N) is 1. The molecule has 2 aromatic rings. The molecule has 6 heteroatoms. The quantitative estimate of drug-likeness (QED) is 0.769. The van der Waals surface area contributed by atoms with Crippen molar-refractivity contribution in [2.24, 2.45) is 0 Å². The first-order valence-electron chi connectivity index (χ1n) is 8.92. The largest absolute Gasteiger partial charge is 0.489 e. The summed E-state index contributed by atoms with van der Waals surface area (Å²) < 4.78 is 19.4. The van der Waals surface area contributed by atoms with Crippen LogP contribution in [0.3, 0.4) is 0 Å². The summed E-state index contributed by atoms with van der Waals surface area (Å²) in [5.41, 5.74) is 1.05. The molecule has 2 aromatic carbocycles. The number of rotatable bonds is 8. The van der Waals surface area contributed by atoms with Crippen molar-refractivity contribution in [2.45, 2.75) is 39.8 Å². The number of para-hydroxylation sites is 2. The van der Waals surface area contributed by atoms with Crippen LogP contribution in [0.15, 0.2) is 48.5 Å². The molecule has 0 unspecified atom stereocenters. The van der Waals surface area contributed by atoms with E-state index in [4.69, 9.17) is 4.74 Å². The predicted octanol–water partition coefficient (Wildman–Crippen LogP) is 3.67. The monoisotopic (exact) mass is 372 g/mol. The zero-order valence-corrected chi connectivity index (χ0v) is 15.9. The lowest BCUT2D eigenvalue weighted by molar-refractivity contribution is -0.121. The summed E-state index contributed by atoms with van der Waals surface area (Å²) in [6.07, 6.45) is 0.0633. The van der Waals surface area contributed by atoms with E-state index < -0.39 is 0 Å². The highest BCUT2D eigenvalue weighted by Gasteiger charge is 2.18. The average molecular weight is 372 g/mol. The molecule has 27 heavy (non-hydrogen) atoms. The van der Waals surface area contributed by atoms with E-state index in [0.29, 0.717) is 17.0 Å². The van der Waals surface area contributed by atoms with Crippen LogP contribution in [0.5, 0.6) is 5.75 Å².